The normalized spacial score (nSPS) is 14.2. The van der Waals surface area contributed by atoms with Crippen molar-refractivity contribution in [2.45, 2.75) is 58.4 Å². The van der Waals surface area contributed by atoms with Crippen LogP contribution in [0.25, 0.3) is 0 Å². The number of nitrogens with one attached hydrogen (secondary N) is 2. The first-order valence-electron chi connectivity index (χ1n) is 9.52. The zero-order valence-corrected chi connectivity index (χ0v) is 19.3. The Morgan fingerprint density at radius 3 is 2.81 bits per heavy atom. The molecule has 0 aromatic carbocycles. The minimum absolute atomic E-state index is 0. The van der Waals surface area contributed by atoms with Gasteiger partial charge in [-0.25, -0.2) is 4.98 Å². The zero-order valence-electron chi connectivity index (χ0n) is 16.2. The second-order valence-corrected chi connectivity index (χ2v) is 7.69. The van der Waals surface area contributed by atoms with Gasteiger partial charge in [0.15, 0.2) is 5.96 Å². The molecule has 0 saturated carbocycles. The van der Waals surface area contributed by atoms with Crippen LogP contribution in [0, 0.1) is 6.92 Å². The van der Waals surface area contributed by atoms with Gasteiger partial charge in [-0.1, -0.05) is 6.42 Å². The highest BCUT2D eigenvalue weighted by Gasteiger charge is 2.14. The van der Waals surface area contributed by atoms with Crippen molar-refractivity contribution in [1.29, 1.82) is 0 Å². The smallest absolute Gasteiger partial charge is 0.190 e. The molecule has 0 bridgehead atoms. The predicted octanol–water partition coefficient (Wildman–Crippen LogP) is 2.73. The summed E-state index contributed by atoms with van der Waals surface area (Å²) in [4.78, 5) is 8.77. The van der Waals surface area contributed by atoms with Crippen molar-refractivity contribution in [3.8, 4) is 0 Å². The Hall–Kier alpha value is -1.23. The number of rotatable bonds is 7. The molecule has 1 aliphatic rings. The Morgan fingerprint density at radius 1 is 1.19 bits per heavy atom. The van der Waals surface area contributed by atoms with Crippen LogP contribution in [-0.2, 0) is 25.8 Å². The summed E-state index contributed by atoms with van der Waals surface area (Å²) >= 11 is 1.70. The SMILES string of the molecule is CN=C(NCCCc1nnc2n1CCCCC2)NCCc1csc(C)n1.I. The average Bonchev–Trinajstić information content (AvgIpc) is 3.15. The molecule has 0 aliphatic carbocycles. The highest BCUT2D eigenvalue weighted by Crippen LogP contribution is 2.15. The van der Waals surface area contributed by atoms with E-state index in [4.69, 9.17) is 0 Å². The zero-order chi connectivity index (χ0) is 18.2. The van der Waals surface area contributed by atoms with Crippen LogP contribution >= 0.6 is 35.3 Å². The standard InChI is InChI=1S/C18H29N7S.HI/c1-14-22-15(13-26-14)9-11-21-18(19-2)20-10-6-8-17-24-23-16-7-4-3-5-12-25(16)17;/h13H,3-12H2,1-2H3,(H2,19,20,21);1H. The lowest BCUT2D eigenvalue weighted by molar-refractivity contribution is 0.594. The quantitative estimate of drug-likeness (QED) is 0.263. The molecule has 2 aromatic rings. The lowest BCUT2D eigenvalue weighted by Crippen LogP contribution is -2.38. The Balaban J connectivity index is 0.00000261. The van der Waals surface area contributed by atoms with Gasteiger partial charge in [0.05, 0.1) is 10.7 Å². The average molecular weight is 503 g/mol. The summed E-state index contributed by atoms with van der Waals surface area (Å²) in [5, 5.41) is 18.7. The Bertz CT molecular complexity index is 725. The summed E-state index contributed by atoms with van der Waals surface area (Å²) in [6, 6.07) is 0. The van der Waals surface area contributed by atoms with Gasteiger partial charge in [0.1, 0.15) is 11.6 Å². The van der Waals surface area contributed by atoms with E-state index < -0.39 is 0 Å². The number of aryl methyl sites for hydroxylation is 3. The first-order chi connectivity index (χ1) is 12.8. The van der Waals surface area contributed by atoms with E-state index in [9.17, 15) is 0 Å². The molecule has 0 amide bonds. The summed E-state index contributed by atoms with van der Waals surface area (Å²) < 4.78 is 2.33. The third-order valence-electron chi connectivity index (χ3n) is 4.62. The third kappa shape index (κ3) is 6.70. The highest BCUT2D eigenvalue weighted by molar-refractivity contribution is 14.0. The van der Waals surface area contributed by atoms with E-state index in [1.165, 1.54) is 25.1 Å². The number of aliphatic imine (C=N–C) groups is 1. The minimum atomic E-state index is 0. The summed E-state index contributed by atoms with van der Waals surface area (Å²) in [6.45, 7) is 4.82. The minimum Gasteiger partial charge on any atom is -0.356 e. The van der Waals surface area contributed by atoms with Gasteiger partial charge in [0.25, 0.3) is 0 Å². The molecule has 3 rings (SSSR count). The van der Waals surface area contributed by atoms with Crippen LogP contribution in [0.5, 0.6) is 0 Å². The molecule has 150 valence electrons. The molecule has 2 aromatic heterocycles. The number of halogens is 1. The molecule has 7 nitrogen and oxygen atoms in total. The van der Waals surface area contributed by atoms with Crippen LogP contribution in [0.1, 0.15) is 48.0 Å². The molecule has 0 fully saturated rings. The van der Waals surface area contributed by atoms with Crippen molar-refractivity contribution < 1.29 is 0 Å². The molecule has 2 N–H and O–H groups in total. The molecule has 0 atom stereocenters. The predicted molar refractivity (Wildman–Crippen MR) is 121 cm³/mol. The first kappa shape index (κ1) is 22.1. The molecular formula is C18H30IN7S. The number of guanidine groups is 1. The molecule has 0 unspecified atom stereocenters. The van der Waals surface area contributed by atoms with Crippen molar-refractivity contribution in [2.75, 3.05) is 20.1 Å². The van der Waals surface area contributed by atoms with Gasteiger partial charge in [0.2, 0.25) is 0 Å². The van der Waals surface area contributed by atoms with Crippen LogP contribution in [0.2, 0.25) is 0 Å². The fourth-order valence-electron chi connectivity index (χ4n) is 3.24. The van der Waals surface area contributed by atoms with Gasteiger partial charge < -0.3 is 15.2 Å². The van der Waals surface area contributed by atoms with Gasteiger partial charge >= 0.3 is 0 Å². The lowest BCUT2D eigenvalue weighted by Gasteiger charge is -2.11. The van der Waals surface area contributed by atoms with Crippen LogP contribution in [0.3, 0.4) is 0 Å². The van der Waals surface area contributed by atoms with Crippen LogP contribution in [0.4, 0.5) is 0 Å². The maximum absolute atomic E-state index is 4.48. The van der Waals surface area contributed by atoms with E-state index in [0.29, 0.717) is 0 Å². The fraction of sp³-hybridized carbons (Fsp3) is 0.667. The molecule has 0 radical (unpaired) electrons. The van der Waals surface area contributed by atoms with Crippen molar-refractivity contribution in [3.63, 3.8) is 0 Å². The van der Waals surface area contributed by atoms with Gasteiger partial charge in [-0.2, -0.15) is 0 Å². The number of aromatic nitrogens is 4. The van der Waals surface area contributed by atoms with E-state index in [-0.39, 0.29) is 24.0 Å². The molecular weight excluding hydrogens is 473 g/mol. The van der Waals surface area contributed by atoms with Crippen molar-refractivity contribution in [2.24, 2.45) is 4.99 Å². The second-order valence-electron chi connectivity index (χ2n) is 6.63. The van der Waals surface area contributed by atoms with E-state index >= 15 is 0 Å². The monoisotopic (exact) mass is 503 g/mol. The molecule has 1 aliphatic heterocycles. The second kappa shape index (κ2) is 11.6. The van der Waals surface area contributed by atoms with Gasteiger partial charge in [0, 0.05) is 51.3 Å². The molecule has 9 heteroatoms. The Morgan fingerprint density at radius 2 is 2.04 bits per heavy atom. The van der Waals surface area contributed by atoms with Gasteiger partial charge in [-0.3, -0.25) is 4.99 Å². The first-order valence-corrected chi connectivity index (χ1v) is 10.4. The number of hydrogen-bond donors (Lipinski definition) is 2. The number of thiazole rings is 1. The maximum atomic E-state index is 4.48. The Labute approximate surface area is 182 Å². The lowest BCUT2D eigenvalue weighted by atomic mass is 10.2. The van der Waals surface area contributed by atoms with E-state index in [1.54, 1.807) is 18.4 Å². The molecule has 3 heterocycles. The fourth-order valence-corrected chi connectivity index (χ4v) is 3.88. The van der Waals surface area contributed by atoms with Gasteiger partial charge in [-0.05, 0) is 26.2 Å². The van der Waals surface area contributed by atoms with E-state index in [1.807, 2.05) is 6.92 Å². The van der Waals surface area contributed by atoms with Crippen LogP contribution in [0.15, 0.2) is 10.4 Å². The summed E-state index contributed by atoms with van der Waals surface area (Å²) in [5.41, 5.74) is 1.14. The summed E-state index contributed by atoms with van der Waals surface area (Å²) in [7, 11) is 1.81. The number of nitrogens with zero attached hydrogens (tertiary/aromatic N) is 5. The van der Waals surface area contributed by atoms with Crippen LogP contribution in [-0.4, -0.2) is 45.8 Å². The number of fused-ring (bicyclic) bond motifs is 1. The topological polar surface area (TPSA) is 80.0 Å². The van der Waals surface area contributed by atoms with Crippen molar-refractivity contribution >= 4 is 41.3 Å². The molecule has 0 spiro atoms. The van der Waals surface area contributed by atoms with E-state index in [2.05, 4.69) is 40.8 Å². The van der Waals surface area contributed by atoms with Crippen molar-refractivity contribution in [3.05, 3.63) is 27.7 Å². The largest absolute Gasteiger partial charge is 0.356 e. The maximum Gasteiger partial charge on any atom is 0.190 e. The van der Waals surface area contributed by atoms with Crippen molar-refractivity contribution in [1.82, 2.24) is 30.4 Å². The van der Waals surface area contributed by atoms with Crippen LogP contribution < -0.4 is 10.6 Å². The Kier molecular flexibility index (Phi) is 9.46. The van der Waals surface area contributed by atoms with Gasteiger partial charge in [-0.15, -0.1) is 45.5 Å². The number of hydrogen-bond acceptors (Lipinski definition) is 5. The third-order valence-corrected chi connectivity index (χ3v) is 5.44. The van der Waals surface area contributed by atoms with E-state index in [0.717, 1.165) is 67.8 Å². The summed E-state index contributed by atoms with van der Waals surface area (Å²) in [5.74, 6) is 3.14. The highest BCUT2D eigenvalue weighted by atomic mass is 127. The molecule has 0 saturated heterocycles. The molecule has 27 heavy (non-hydrogen) atoms. The summed E-state index contributed by atoms with van der Waals surface area (Å²) in [6.07, 6.45) is 7.73.